The Hall–Kier alpha value is -0.830. The van der Waals surface area contributed by atoms with Crippen LogP contribution in [-0.4, -0.2) is 24.3 Å². The van der Waals surface area contributed by atoms with Gasteiger partial charge in [0.25, 0.3) is 0 Å². The van der Waals surface area contributed by atoms with Gasteiger partial charge in [-0.3, -0.25) is 0 Å². The molecule has 0 amide bonds. The van der Waals surface area contributed by atoms with E-state index in [2.05, 4.69) is 20.8 Å². The van der Waals surface area contributed by atoms with Crippen molar-refractivity contribution in [3.8, 4) is 0 Å². The number of carbonyl (C=O) groups is 1. The Bertz CT molecular complexity index is 281. The third-order valence-corrected chi connectivity index (χ3v) is 3.16. The first-order valence-electron chi connectivity index (χ1n) is 6.46. The maximum Gasteiger partial charge on any atom is 0.330 e. The Morgan fingerprint density at radius 3 is 2.71 bits per heavy atom. The maximum atomic E-state index is 11.1. The van der Waals surface area contributed by atoms with Gasteiger partial charge < -0.3 is 9.47 Å². The van der Waals surface area contributed by atoms with Gasteiger partial charge in [0.2, 0.25) is 0 Å². The highest BCUT2D eigenvalue weighted by molar-refractivity contribution is 5.81. The second-order valence-corrected chi connectivity index (χ2v) is 5.28. The van der Waals surface area contributed by atoms with Gasteiger partial charge in [0.15, 0.2) is 0 Å². The van der Waals surface area contributed by atoms with Crippen LogP contribution in [0.4, 0.5) is 0 Å². The van der Waals surface area contributed by atoms with Gasteiger partial charge >= 0.3 is 5.97 Å². The van der Waals surface area contributed by atoms with Crippen LogP contribution in [0.1, 0.15) is 47.0 Å². The smallest absolute Gasteiger partial charge is 0.330 e. The Labute approximate surface area is 104 Å². The van der Waals surface area contributed by atoms with Gasteiger partial charge in [0.05, 0.1) is 18.3 Å². The second-order valence-electron chi connectivity index (χ2n) is 5.28. The van der Waals surface area contributed by atoms with Crippen LogP contribution in [0.3, 0.4) is 0 Å². The van der Waals surface area contributed by atoms with E-state index in [1.807, 2.05) is 13.0 Å². The predicted molar refractivity (Wildman–Crippen MR) is 67.7 cm³/mol. The monoisotopic (exact) mass is 240 g/mol. The molecule has 0 aromatic rings. The average molecular weight is 240 g/mol. The van der Waals surface area contributed by atoms with Crippen molar-refractivity contribution in [3.05, 3.63) is 12.2 Å². The fourth-order valence-corrected chi connectivity index (χ4v) is 1.88. The van der Waals surface area contributed by atoms with E-state index in [0.717, 1.165) is 19.3 Å². The van der Waals surface area contributed by atoms with Crippen molar-refractivity contribution in [2.24, 2.45) is 5.92 Å². The lowest BCUT2D eigenvalue weighted by atomic mass is 9.97. The molecule has 1 saturated heterocycles. The quantitative estimate of drug-likeness (QED) is 0.390. The highest BCUT2D eigenvalue weighted by atomic mass is 16.6. The van der Waals surface area contributed by atoms with Gasteiger partial charge in [-0.1, -0.05) is 13.0 Å². The molecule has 3 nitrogen and oxygen atoms in total. The molecule has 1 rings (SSSR count). The lowest BCUT2D eigenvalue weighted by Crippen LogP contribution is -2.05. The summed E-state index contributed by atoms with van der Waals surface area (Å²) in [5.74, 6) is 0.340. The van der Waals surface area contributed by atoms with Crippen molar-refractivity contribution >= 4 is 5.97 Å². The first-order chi connectivity index (χ1) is 7.95. The summed E-state index contributed by atoms with van der Waals surface area (Å²) in [6.07, 6.45) is 7.03. The first-order valence-corrected chi connectivity index (χ1v) is 6.46. The highest BCUT2D eigenvalue weighted by Gasteiger charge is 2.46. The van der Waals surface area contributed by atoms with Crippen LogP contribution in [0, 0.1) is 5.92 Å². The molecule has 1 heterocycles. The number of ether oxygens (including phenoxy) is 2. The van der Waals surface area contributed by atoms with Crippen LogP contribution < -0.4 is 0 Å². The van der Waals surface area contributed by atoms with Gasteiger partial charge in [-0.15, -0.1) is 0 Å². The molecular weight excluding hydrogens is 216 g/mol. The average Bonchev–Trinajstić information content (AvgIpc) is 2.84. The van der Waals surface area contributed by atoms with E-state index >= 15 is 0 Å². The van der Waals surface area contributed by atoms with Crippen LogP contribution in [0.5, 0.6) is 0 Å². The molecule has 17 heavy (non-hydrogen) atoms. The van der Waals surface area contributed by atoms with Crippen molar-refractivity contribution in [1.29, 1.82) is 0 Å². The minimum absolute atomic E-state index is 0.0977. The van der Waals surface area contributed by atoms with Crippen LogP contribution >= 0.6 is 0 Å². The fraction of sp³-hybridized carbons (Fsp3) is 0.786. The van der Waals surface area contributed by atoms with Gasteiger partial charge in [-0.05, 0) is 46.0 Å². The summed E-state index contributed by atoms with van der Waals surface area (Å²) >= 11 is 0. The second kappa shape index (κ2) is 6.20. The van der Waals surface area contributed by atoms with E-state index in [4.69, 9.17) is 9.47 Å². The normalized spacial score (nSPS) is 23.6. The Kier molecular flexibility index (Phi) is 5.19. The van der Waals surface area contributed by atoms with E-state index in [9.17, 15) is 4.79 Å². The molecule has 0 aromatic carbocycles. The third-order valence-electron chi connectivity index (χ3n) is 3.16. The zero-order valence-corrected chi connectivity index (χ0v) is 11.4. The van der Waals surface area contributed by atoms with Crippen LogP contribution in [0.2, 0.25) is 0 Å². The zero-order chi connectivity index (χ0) is 12.9. The minimum atomic E-state index is -0.244. The standard InChI is InChI=1S/C14H24O3/c1-5-16-13(15)8-6-7-11(2)9-10-12-14(3,4)17-12/h6,8,11-12H,5,7,9-10H2,1-4H3/t11-,12-/m1/s1. The maximum absolute atomic E-state index is 11.1. The molecule has 2 atom stereocenters. The Balaban J connectivity index is 2.09. The molecule has 1 fully saturated rings. The zero-order valence-electron chi connectivity index (χ0n) is 11.4. The topological polar surface area (TPSA) is 38.8 Å². The number of epoxide rings is 1. The highest BCUT2D eigenvalue weighted by Crippen LogP contribution is 2.39. The first kappa shape index (κ1) is 14.2. The van der Waals surface area contributed by atoms with Crippen molar-refractivity contribution in [3.63, 3.8) is 0 Å². The van der Waals surface area contributed by atoms with Gasteiger partial charge in [0.1, 0.15) is 0 Å². The molecule has 0 radical (unpaired) electrons. The van der Waals surface area contributed by atoms with Crippen LogP contribution in [-0.2, 0) is 14.3 Å². The summed E-state index contributed by atoms with van der Waals surface area (Å²) in [5.41, 5.74) is 0.0977. The minimum Gasteiger partial charge on any atom is -0.463 e. The van der Waals surface area contributed by atoms with E-state index < -0.39 is 0 Å². The van der Waals surface area contributed by atoms with Crippen molar-refractivity contribution < 1.29 is 14.3 Å². The summed E-state index contributed by atoms with van der Waals surface area (Å²) < 4.78 is 10.4. The summed E-state index contributed by atoms with van der Waals surface area (Å²) in [4.78, 5) is 11.1. The van der Waals surface area contributed by atoms with Crippen LogP contribution in [0.15, 0.2) is 12.2 Å². The molecule has 1 aliphatic heterocycles. The summed E-state index contributed by atoms with van der Waals surface area (Å²) in [6, 6.07) is 0. The van der Waals surface area contributed by atoms with Gasteiger partial charge in [-0.25, -0.2) is 4.79 Å². The molecule has 1 aliphatic rings. The Morgan fingerprint density at radius 1 is 1.53 bits per heavy atom. The number of hydrogen-bond donors (Lipinski definition) is 0. The molecule has 0 unspecified atom stereocenters. The summed E-state index contributed by atoms with van der Waals surface area (Å²) in [5, 5.41) is 0. The van der Waals surface area contributed by atoms with E-state index in [-0.39, 0.29) is 11.6 Å². The number of carbonyl (C=O) groups excluding carboxylic acids is 1. The lowest BCUT2D eigenvalue weighted by Gasteiger charge is -2.07. The SMILES string of the molecule is CCOC(=O)C=CC[C@@H](C)CC[C@H]1OC1(C)C. The molecular formula is C14H24O3. The molecule has 0 N–H and O–H groups in total. The third kappa shape index (κ3) is 5.35. The van der Waals surface area contributed by atoms with E-state index in [1.165, 1.54) is 6.08 Å². The number of hydrogen-bond acceptors (Lipinski definition) is 3. The molecule has 0 aliphatic carbocycles. The van der Waals surface area contributed by atoms with Crippen molar-refractivity contribution in [2.45, 2.75) is 58.7 Å². The molecule has 0 saturated carbocycles. The number of esters is 1. The Morgan fingerprint density at radius 2 is 2.18 bits per heavy atom. The fourth-order valence-electron chi connectivity index (χ4n) is 1.88. The molecule has 0 bridgehead atoms. The van der Waals surface area contributed by atoms with E-state index in [0.29, 0.717) is 18.6 Å². The van der Waals surface area contributed by atoms with Crippen molar-refractivity contribution in [1.82, 2.24) is 0 Å². The molecule has 0 spiro atoms. The van der Waals surface area contributed by atoms with Crippen molar-refractivity contribution in [2.75, 3.05) is 6.61 Å². The van der Waals surface area contributed by atoms with Gasteiger partial charge in [0, 0.05) is 6.08 Å². The lowest BCUT2D eigenvalue weighted by molar-refractivity contribution is -0.137. The molecule has 0 aromatic heterocycles. The summed E-state index contributed by atoms with van der Waals surface area (Å²) in [6.45, 7) is 8.70. The van der Waals surface area contributed by atoms with E-state index in [1.54, 1.807) is 0 Å². The van der Waals surface area contributed by atoms with Gasteiger partial charge in [-0.2, -0.15) is 0 Å². The number of allylic oxidation sites excluding steroid dienone is 1. The van der Waals surface area contributed by atoms with Crippen LogP contribution in [0.25, 0.3) is 0 Å². The molecule has 98 valence electrons. The summed E-state index contributed by atoms with van der Waals surface area (Å²) in [7, 11) is 0. The largest absolute Gasteiger partial charge is 0.463 e. The predicted octanol–water partition coefficient (Wildman–Crippen LogP) is 3.09. The number of rotatable bonds is 7. The molecule has 3 heteroatoms.